The van der Waals surface area contributed by atoms with E-state index in [4.69, 9.17) is 16.2 Å². The Hall–Kier alpha value is -4.05. The van der Waals surface area contributed by atoms with Gasteiger partial charge in [-0.05, 0) is 93.8 Å². The van der Waals surface area contributed by atoms with Crippen LogP contribution in [0.4, 0.5) is 18.9 Å². The van der Waals surface area contributed by atoms with Crippen molar-refractivity contribution in [1.29, 1.82) is 0 Å². The minimum atomic E-state index is -1.87. The Morgan fingerprint density at radius 2 is 1.81 bits per heavy atom. The Bertz CT molecular complexity index is 1540. The molecule has 222 valence electrons. The van der Waals surface area contributed by atoms with E-state index in [-0.39, 0.29) is 35.0 Å². The number of hydrogen-bond donors (Lipinski definition) is 4. The van der Waals surface area contributed by atoms with Gasteiger partial charge in [0.15, 0.2) is 11.6 Å². The summed E-state index contributed by atoms with van der Waals surface area (Å²) >= 11 is 0. The number of methoxy groups -OCH3 is 1. The van der Waals surface area contributed by atoms with Gasteiger partial charge in [0.1, 0.15) is 17.3 Å². The summed E-state index contributed by atoms with van der Waals surface area (Å²) in [5.74, 6) is -2.93. The number of halogens is 3. The van der Waals surface area contributed by atoms with Crippen molar-refractivity contribution in [2.45, 2.75) is 51.0 Å². The molecule has 3 aromatic rings. The molecule has 1 amide bonds. The van der Waals surface area contributed by atoms with Gasteiger partial charge in [0.2, 0.25) is 0 Å². The van der Waals surface area contributed by atoms with Crippen LogP contribution in [-0.4, -0.2) is 29.7 Å². The molecule has 42 heavy (non-hydrogen) atoms. The Morgan fingerprint density at radius 1 is 1.14 bits per heavy atom. The number of nitrogens with zero attached hydrogens (tertiary/aromatic N) is 1. The summed E-state index contributed by atoms with van der Waals surface area (Å²) in [6.07, 6.45) is 5.32. The van der Waals surface area contributed by atoms with E-state index in [0.717, 1.165) is 37.8 Å². The Balaban J connectivity index is 1.49. The molecule has 2 saturated carbocycles. The number of benzene rings is 2. The predicted octanol–water partition coefficient (Wildman–Crippen LogP) is 5.62. The molecule has 1 unspecified atom stereocenters. The van der Waals surface area contributed by atoms with Crippen molar-refractivity contribution in [3.8, 4) is 17.0 Å². The quantitative estimate of drug-likeness (QED) is 0.231. The number of nitrogens with two attached hydrogens (primary N) is 2. The molecule has 0 bridgehead atoms. The minimum absolute atomic E-state index is 0.00808. The fourth-order valence-electron chi connectivity index (χ4n) is 5.21. The largest absolute Gasteiger partial charge is 0.495 e. The van der Waals surface area contributed by atoms with E-state index < -0.39 is 40.4 Å². The third kappa shape index (κ3) is 6.09. The molecule has 6 N–H and O–H groups in total. The van der Waals surface area contributed by atoms with Crippen molar-refractivity contribution < 1.29 is 27.8 Å². The summed E-state index contributed by atoms with van der Waals surface area (Å²) in [6, 6.07) is 8.17. The fourth-order valence-corrected chi connectivity index (χ4v) is 5.21. The van der Waals surface area contributed by atoms with Gasteiger partial charge in [0.05, 0.1) is 29.7 Å². The lowest BCUT2D eigenvalue weighted by Gasteiger charge is -2.25. The second-order valence-corrected chi connectivity index (χ2v) is 11.7. The van der Waals surface area contributed by atoms with Gasteiger partial charge in [-0.25, -0.2) is 18.2 Å². The first-order valence-corrected chi connectivity index (χ1v) is 14.0. The first-order valence-electron chi connectivity index (χ1n) is 14.0. The SMILES string of the molecule is COc1cc(C(=O)NCC(c2nc(-c3ccc(F)cc3)c(F)c(C(C)(C)O)c2F)C2CC2)cc(/C=C(\N)C2CC2)c1N. The maximum absolute atomic E-state index is 16.0. The van der Waals surface area contributed by atoms with E-state index in [1.54, 1.807) is 12.1 Å². The molecular weight excluding hydrogens is 545 g/mol. The number of ether oxygens (including phenoxy) is 1. The van der Waals surface area contributed by atoms with Crippen molar-refractivity contribution in [3.05, 3.63) is 81.9 Å². The summed E-state index contributed by atoms with van der Waals surface area (Å²) in [4.78, 5) is 17.7. The summed E-state index contributed by atoms with van der Waals surface area (Å²) in [5.41, 5.74) is 11.9. The van der Waals surface area contributed by atoms with Crippen LogP contribution in [0.3, 0.4) is 0 Å². The summed E-state index contributed by atoms with van der Waals surface area (Å²) in [6.45, 7) is 2.59. The Morgan fingerprint density at radius 3 is 2.38 bits per heavy atom. The van der Waals surface area contributed by atoms with Crippen LogP contribution in [-0.2, 0) is 5.60 Å². The summed E-state index contributed by atoms with van der Waals surface area (Å²) in [7, 11) is 1.45. The van der Waals surface area contributed by atoms with Crippen molar-refractivity contribution in [2.24, 2.45) is 17.6 Å². The van der Waals surface area contributed by atoms with Crippen molar-refractivity contribution in [1.82, 2.24) is 10.3 Å². The molecule has 0 radical (unpaired) electrons. The molecule has 2 aliphatic carbocycles. The number of aliphatic hydroxyl groups is 1. The third-order valence-corrected chi connectivity index (χ3v) is 7.89. The Kier molecular flexibility index (Phi) is 7.94. The van der Waals surface area contributed by atoms with Crippen molar-refractivity contribution in [2.75, 3.05) is 19.4 Å². The average Bonchev–Trinajstić information content (AvgIpc) is 3.84. The molecule has 1 atom stereocenters. The van der Waals surface area contributed by atoms with Gasteiger partial charge in [-0.2, -0.15) is 0 Å². The van der Waals surface area contributed by atoms with E-state index in [2.05, 4.69) is 10.3 Å². The van der Waals surface area contributed by atoms with Crippen LogP contribution in [0.1, 0.15) is 72.6 Å². The number of nitrogen functional groups attached to an aromatic ring is 1. The van der Waals surface area contributed by atoms with Crippen LogP contribution in [0.2, 0.25) is 0 Å². The minimum Gasteiger partial charge on any atom is -0.495 e. The highest BCUT2D eigenvalue weighted by Gasteiger charge is 2.39. The number of carbonyl (C=O) groups excluding carboxylic acids is 1. The van der Waals surface area contributed by atoms with Gasteiger partial charge in [0, 0.05) is 34.9 Å². The highest BCUT2D eigenvalue weighted by atomic mass is 19.1. The predicted molar refractivity (Wildman–Crippen MR) is 155 cm³/mol. The maximum atomic E-state index is 16.0. The molecule has 0 spiro atoms. The number of aromatic nitrogens is 1. The van der Waals surface area contributed by atoms with Gasteiger partial charge in [-0.15, -0.1) is 0 Å². The molecule has 5 rings (SSSR count). The zero-order valence-electron chi connectivity index (χ0n) is 23.8. The molecule has 2 fully saturated rings. The fraction of sp³-hybridized carbons (Fsp3) is 0.375. The zero-order chi connectivity index (χ0) is 30.3. The maximum Gasteiger partial charge on any atom is 0.251 e. The molecule has 1 heterocycles. The molecule has 0 saturated heterocycles. The van der Waals surface area contributed by atoms with E-state index in [1.165, 1.54) is 39.2 Å². The van der Waals surface area contributed by atoms with Crippen molar-refractivity contribution in [3.63, 3.8) is 0 Å². The first kappa shape index (κ1) is 29.4. The molecule has 1 aromatic heterocycles. The number of anilines is 1. The van der Waals surface area contributed by atoms with E-state index >= 15 is 8.78 Å². The number of carbonyl (C=O) groups is 1. The number of nitrogens with one attached hydrogen (secondary N) is 1. The van der Waals surface area contributed by atoms with Crippen LogP contribution in [0, 0.1) is 29.3 Å². The second-order valence-electron chi connectivity index (χ2n) is 11.7. The highest BCUT2D eigenvalue weighted by Crippen LogP contribution is 2.45. The van der Waals surface area contributed by atoms with E-state index in [1.807, 2.05) is 0 Å². The van der Waals surface area contributed by atoms with Gasteiger partial charge in [-0.3, -0.25) is 4.79 Å². The van der Waals surface area contributed by atoms with Gasteiger partial charge < -0.3 is 26.6 Å². The lowest BCUT2D eigenvalue weighted by Crippen LogP contribution is -2.31. The lowest BCUT2D eigenvalue weighted by molar-refractivity contribution is 0.0696. The molecule has 2 aliphatic rings. The normalized spacial score (nSPS) is 16.3. The monoisotopic (exact) mass is 580 g/mol. The molecule has 2 aromatic carbocycles. The van der Waals surface area contributed by atoms with E-state index in [9.17, 15) is 14.3 Å². The molecular formula is C32H35F3N4O3. The standard InChI is InChI=1S/C32H35F3N4O3/c1-32(2,41)25-26(34)29(18-8-10-21(33)11-9-18)39-30(27(25)35)22(16-4-5-16)15-38-31(40)20-12-19(13-23(36)17-6-7-17)28(37)24(14-20)42-3/h8-14,16-17,22,41H,4-7,15,36-37H2,1-3H3,(H,38,40)/b23-13-. The Labute approximate surface area is 242 Å². The second kappa shape index (κ2) is 11.3. The van der Waals surface area contributed by atoms with Crippen LogP contribution in [0.25, 0.3) is 17.3 Å². The molecule has 0 aliphatic heterocycles. The number of amides is 1. The summed E-state index contributed by atoms with van der Waals surface area (Å²) in [5, 5.41) is 13.6. The molecule has 7 nitrogen and oxygen atoms in total. The highest BCUT2D eigenvalue weighted by molar-refractivity contribution is 5.96. The van der Waals surface area contributed by atoms with E-state index in [0.29, 0.717) is 28.6 Å². The summed E-state index contributed by atoms with van der Waals surface area (Å²) < 4.78 is 50.6. The first-order chi connectivity index (χ1) is 19.9. The molecule has 10 heteroatoms. The van der Waals surface area contributed by atoms with Crippen LogP contribution >= 0.6 is 0 Å². The van der Waals surface area contributed by atoms with Gasteiger partial charge in [-0.1, -0.05) is 0 Å². The van der Waals surface area contributed by atoms with Gasteiger partial charge >= 0.3 is 0 Å². The average molecular weight is 581 g/mol. The van der Waals surface area contributed by atoms with Crippen LogP contribution in [0.5, 0.6) is 5.75 Å². The zero-order valence-corrected chi connectivity index (χ0v) is 23.8. The smallest absolute Gasteiger partial charge is 0.251 e. The van der Waals surface area contributed by atoms with Gasteiger partial charge in [0.25, 0.3) is 5.91 Å². The van der Waals surface area contributed by atoms with Crippen LogP contribution in [0.15, 0.2) is 42.1 Å². The van der Waals surface area contributed by atoms with Crippen LogP contribution < -0.4 is 21.5 Å². The third-order valence-electron chi connectivity index (χ3n) is 7.89. The number of rotatable bonds is 10. The lowest BCUT2D eigenvalue weighted by atomic mass is 9.90. The topological polar surface area (TPSA) is 123 Å². The number of allylic oxidation sites excluding steroid dienone is 1. The van der Waals surface area contributed by atoms with Crippen molar-refractivity contribution >= 4 is 17.7 Å². The number of hydrogen-bond acceptors (Lipinski definition) is 6. The number of pyridine rings is 1.